The summed E-state index contributed by atoms with van der Waals surface area (Å²) in [5.41, 5.74) is 0.172. The van der Waals surface area contributed by atoms with Crippen LogP contribution in [0.1, 0.15) is 31.2 Å². The van der Waals surface area contributed by atoms with Crippen LogP contribution in [0.5, 0.6) is 5.88 Å². The van der Waals surface area contributed by atoms with E-state index < -0.39 is 0 Å². The minimum Gasteiger partial charge on any atom is -0.493 e. The smallest absolute Gasteiger partial charge is 0.257 e. The SMILES string of the molecule is CCCCc1c(O)nc(C)[nH]c1=O. The van der Waals surface area contributed by atoms with Crippen molar-refractivity contribution < 1.29 is 5.11 Å². The Labute approximate surface area is 76.7 Å². The number of aromatic amines is 1. The lowest BCUT2D eigenvalue weighted by molar-refractivity contribution is 0.439. The molecule has 1 rings (SSSR count). The first-order chi connectivity index (χ1) is 6.15. The Morgan fingerprint density at radius 3 is 2.77 bits per heavy atom. The maximum atomic E-state index is 11.3. The summed E-state index contributed by atoms with van der Waals surface area (Å²) in [7, 11) is 0. The molecule has 4 nitrogen and oxygen atoms in total. The van der Waals surface area contributed by atoms with Gasteiger partial charge in [-0.15, -0.1) is 0 Å². The third-order valence-corrected chi connectivity index (χ3v) is 1.89. The maximum Gasteiger partial charge on any atom is 0.257 e. The molecule has 0 aromatic carbocycles. The molecule has 72 valence electrons. The van der Waals surface area contributed by atoms with Crippen LogP contribution < -0.4 is 5.56 Å². The van der Waals surface area contributed by atoms with Crippen LogP contribution in [0.2, 0.25) is 0 Å². The highest BCUT2D eigenvalue weighted by Crippen LogP contribution is 2.10. The van der Waals surface area contributed by atoms with Crippen molar-refractivity contribution in [3.8, 4) is 5.88 Å². The van der Waals surface area contributed by atoms with Crippen molar-refractivity contribution in [2.45, 2.75) is 33.1 Å². The summed E-state index contributed by atoms with van der Waals surface area (Å²) in [6.07, 6.45) is 2.47. The monoisotopic (exact) mass is 182 g/mol. The molecule has 0 aliphatic rings. The number of aromatic nitrogens is 2. The minimum absolute atomic E-state index is 0.130. The second kappa shape index (κ2) is 4.07. The summed E-state index contributed by atoms with van der Waals surface area (Å²) in [5.74, 6) is 0.317. The highest BCUT2D eigenvalue weighted by atomic mass is 16.3. The van der Waals surface area contributed by atoms with Crippen LogP contribution in [0.4, 0.5) is 0 Å². The Bertz CT molecular complexity index is 344. The lowest BCUT2D eigenvalue weighted by atomic mass is 10.1. The third kappa shape index (κ3) is 2.31. The van der Waals surface area contributed by atoms with Crippen LogP contribution in [-0.4, -0.2) is 15.1 Å². The zero-order valence-electron chi connectivity index (χ0n) is 7.92. The Hall–Kier alpha value is -1.32. The van der Waals surface area contributed by atoms with E-state index in [1.165, 1.54) is 0 Å². The minimum atomic E-state index is -0.224. The quantitative estimate of drug-likeness (QED) is 0.736. The fourth-order valence-electron chi connectivity index (χ4n) is 1.17. The van der Waals surface area contributed by atoms with Crippen molar-refractivity contribution in [3.63, 3.8) is 0 Å². The van der Waals surface area contributed by atoms with E-state index in [1.54, 1.807) is 6.92 Å². The predicted octanol–water partition coefficient (Wildman–Crippen LogP) is 1.13. The van der Waals surface area contributed by atoms with Crippen molar-refractivity contribution in [2.75, 3.05) is 0 Å². The summed E-state index contributed by atoms with van der Waals surface area (Å²) in [6, 6.07) is 0. The van der Waals surface area contributed by atoms with Crippen molar-refractivity contribution in [2.24, 2.45) is 0 Å². The Morgan fingerprint density at radius 2 is 2.23 bits per heavy atom. The number of aryl methyl sites for hydroxylation is 1. The van der Waals surface area contributed by atoms with Crippen LogP contribution in [0, 0.1) is 6.92 Å². The van der Waals surface area contributed by atoms with Crippen LogP contribution in [0.15, 0.2) is 4.79 Å². The molecule has 0 unspecified atom stereocenters. The van der Waals surface area contributed by atoms with Gasteiger partial charge in [0.15, 0.2) is 0 Å². The maximum absolute atomic E-state index is 11.3. The second-order valence-electron chi connectivity index (χ2n) is 3.06. The number of H-pyrrole nitrogens is 1. The lowest BCUT2D eigenvalue weighted by Crippen LogP contribution is -2.15. The summed E-state index contributed by atoms with van der Waals surface area (Å²) in [6.45, 7) is 3.68. The first-order valence-electron chi connectivity index (χ1n) is 4.44. The largest absolute Gasteiger partial charge is 0.493 e. The number of nitrogens with one attached hydrogen (secondary N) is 1. The first-order valence-corrected chi connectivity index (χ1v) is 4.44. The summed E-state index contributed by atoms with van der Waals surface area (Å²) in [5, 5.41) is 9.37. The van der Waals surface area contributed by atoms with Gasteiger partial charge in [-0.25, -0.2) is 4.98 Å². The molecule has 0 aliphatic carbocycles. The van der Waals surface area contributed by atoms with E-state index in [0.717, 1.165) is 12.8 Å². The van der Waals surface area contributed by atoms with Crippen molar-refractivity contribution in [1.29, 1.82) is 0 Å². The Balaban J connectivity index is 2.99. The van der Waals surface area contributed by atoms with E-state index in [1.807, 2.05) is 6.92 Å². The normalized spacial score (nSPS) is 10.3. The molecule has 0 saturated heterocycles. The highest BCUT2D eigenvalue weighted by molar-refractivity contribution is 5.22. The molecule has 0 bridgehead atoms. The molecule has 1 aromatic rings. The Morgan fingerprint density at radius 1 is 1.54 bits per heavy atom. The van der Waals surface area contributed by atoms with Gasteiger partial charge in [0.2, 0.25) is 5.88 Å². The van der Waals surface area contributed by atoms with Crippen LogP contribution >= 0.6 is 0 Å². The van der Waals surface area contributed by atoms with Gasteiger partial charge in [-0.05, 0) is 19.8 Å². The zero-order chi connectivity index (χ0) is 9.84. The summed E-state index contributed by atoms with van der Waals surface area (Å²) >= 11 is 0. The molecule has 0 saturated carbocycles. The molecule has 1 aromatic heterocycles. The average molecular weight is 182 g/mol. The van der Waals surface area contributed by atoms with Gasteiger partial charge >= 0.3 is 0 Å². The second-order valence-corrected chi connectivity index (χ2v) is 3.06. The van der Waals surface area contributed by atoms with Gasteiger partial charge in [-0.3, -0.25) is 4.79 Å². The predicted molar refractivity (Wildman–Crippen MR) is 49.9 cm³/mol. The molecule has 0 amide bonds. The fourth-order valence-corrected chi connectivity index (χ4v) is 1.17. The van der Waals surface area contributed by atoms with E-state index in [2.05, 4.69) is 9.97 Å². The molecule has 1 heterocycles. The standard InChI is InChI=1S/C9H14N2O2/c1-3-4-5-7-8(12)10-6(2)11-9(7)13/h3-5H2,1-2H3,(H2,10,11,12,13). The van der Waals surface area contributed by atoms with E-state index in [4.69, 9.17) is 0 Å². The Kier molecular flexibility index (Phi) is 3.06. The van der Waals surface area contributed by atoms with Gasteiger partial charge in [0.25, 0.3) is 5.56 Å². The van der Waals surface area contributed by atoms with Gasteiger partial charge in [-0.2, -0.15) is 0 Å². The molecule has 2 N–H and O–H groups in total. The number of rotatable bonds is 3. The highest BCUT2D eigenvalue weighted by Gasteiger charge is 2.07. The number of unbranched alkanes of at least 4 members (excludes halogenated alkanes) is 1. The fraction of sp³-hybridized carbons (Fsp3) is 0.556. The van der Waals surface area contributed by atoms with Gasteiger partial charge in [0.1, 0.15) is 5.82 Å². The number of aromatic hydroxyl groups is 1. The molecule has 0 fully saturated rings. The lowest BCUT2D eigenvalue weighted by Gasteiger charge is -2.01. The first kappa shape index (κ1) is 9.77. The van der Waals surface area contributed by atoms with Crippen LogP contribution in [0.3, 0.4) is 0 Å². The summed E-state index contributed by atoms with van der Waals surface area (Å²) < 4.78 is 0. The molecule has 0 atom stereocenters. The van der Waals surface area contributed by atoms with E-state index >= 15 is 0 Å². The third-order valence-electron chi connectivity index (χ3n) is 1.89. The number of hydrogen-bond acceptors (Lipinski definition) is 3. The van der Waals surface area contributed by atoms with Crippen LogP contribution in [0.25, 0.3) is 0 Å². The van der Waals surface area contributed by atoms with E-state index in [9.17, 15) is 9.90 Å². The molecule has 13 heavy (non-hydrogen) atoms. The van der Waals surface area contributed by atoms with Crippen molar-refractivity contribution in [3.05, 3.63) is 21.7 Å². The van der Waals surface area contributed by atoms with Crippen molar-refractivity contribution >= 4 is 0 Å². The molecular formula is C9H14N2O2. The van der Waals surface area contributed by atoms with Crippen molar-refractivity contribution in [1.82, 2.24) is 9.97 Å². The molecule has 0 spiro atoms. The molecule has 0 aliphatic heterocycles. The van der Waals surface area contributed by atoms with E-state index in [0.29, 0.717) is 17.8 Å². The number of hydrogen-bond donors (Lipinski definition) is 2. The topological polar surface area (TPSA) is 66.0 Å². The van der Waals surface area contributed by atoms with Gasteiger partial charge < -0.3 is 10.1 Å². The van der Waals surface area contributed by atoms with Gasteiger partial charge in [-0.1, -0.05) is 13.3 Å². The zero-order valence-corrected chi connectivity index (χ0v) is 7.92. The molecule has 0 radical (unpaired) electrons. The average Bonchev–Trinajstić information content (AvgIpc) is 2.02. The molecule has 4 heteroatoms. The van der Waals surface area contributed by atoms with E-state index in [-0.39, 0.29) is 11.4 Å². The van der Waals surface area contributed by atoms with Gasteiger partial charge in [0.05, 0.1) is 5.56 Å². The molecular weight excluding hydrogens is 168 g/mol. The van der Waals surface area contributed by atoms with Crippen LogP contribution in [-0.2, 0) is 6.42 Å². The number of nitrogens with zero attached hydrogens (tertiary/aromatic N) is 1. The van der Waals surface area contributed by atoms with Gasteiger partial charge in [0, 0.05) is 0 Å². The summed E-state index contributed by atoms with van der Waals surface area (Å²) in [4.78, 5) is 17.7.